The van der Waals surface area contributed by atoms with Crippen LogP contribution in [0.1, 0.15) is 57.7 Å². The zero-order valence-corrected chi connectivity index (χ0v) is 45.4. The number of benzene rings is 3. The minimum absolute atomic E-state index is 0.00360. The summed E-state index contributed by atoms with van der Waals surface area (Å²) in [6.07, 6.45) is 1.69. The number of piperazine rings is 1. The Labute approximate surface area is 451 Å². The lowest BCUT2D eigenvalue weighted by molar-refractivity contribution is -0.144. The zero-order valence-electron chi connectivity index (χ0n) is 43.8. The van der Waals surface area contributed by atoms with Crippen LogP contribution in [0.2, 0.25) is 5.02 Å². The number of halogens is 2. The topological polar surface area (TPSA) is 219 Å². The molecule has 22 heteroatoms. The molecule has 0 radical (unpaired) electrons. The van der Waals surface area contributed by atoms with Gasteiger partial charge in [-0.05, 0) is 54.2 Å². The number of amides is 4. The van der Waals surface area contributed by atoms with Gasteiger partial charge in [-0.3, -0.25) is 24.1 Å². The summed E-state index contributed by atoms with van der Waals surface area (Å²) in [6.45, 7) is 13.3. The second-order valence-corrected chi connectivity index (χ2v) is 21.0. The minimum Gasteiger partial charge on any atom is -0.493 e. The Morgan fingerprint density at radius 2 is 1.59 bits per heavy atom. The molecule has 4 N–H and O–H groups in total. The number of methoxy groups -OCH3 is 1. The standard InChI is InChI=1S/C54H69ClFN9O10S/c1-35-49(76-34-60-35)37-9-7-36(8-10-37)31-57-52(69)44-28-39(66)32-65(44)53(70)50(54(2,3)4)62-47(67)13-21-72-23-25-74-26-24-73-22-14-48(68)64-18-16-63(17-19-64)15-6-20-75-46-29-40-43(30-45(46)71-5)58-33-59-51(40)61-38-11-12-42(56)41(55)27-38/h7-12,27,29-30,33-34,39,44,50,66H,6,13-26,28,31-32H2,1-5H3,(H,57,69)(H,62,67)(H,58,59,61). The second kappa shape index (κ2) is 27.8. The van der Waals surface area contributed by atoms with Crippen molar-refractivity contribution < 1.29 is 52.4 Å². The van der Waals surface area contributed by atoms with Gasteiger partial charge in [0.05, 0.1) is 92.5 Å². The number of thiazole rings is 1. The minimum atomic E-state index is -0.944. The molecule has 0 bridgehead atoms. The Bertz CT molecular complexity index is 2740. The molecule has 2 saturated heterocycles. The van der Waals surface area contributed by atoms with E-state index in [2.05, 4.69) is 35.8 Å². The number of hydrogen-bond donors (Lipinski definition) is 4. The molecule has 76 heavy (non-hydrogen) atoms. The van der Waals surface area contributed by atoms with Crippen molar-refractivity contribution in [2.75, 3.05) is 97.9 Å². The number of fused-ring (bicyclic) bond motifs is 1. The number of likely N-dealkylation sites (tertiary alicyclic amines) is 1. The van der Waals surface area contributed by atoms with Crippen LogP contribution in [0.5, 0.6) is 11.5 Å². The highest BCUT2D eigenvalue weighted by Crippen LogP contribution is 2.36. The molecule has 19 nitrogen and oxygen atoms in total. The predicted octanol–water partition coefficient (Wildman–Crippen LogP) is 6.16. The number of aryl methyl sites for hydroxylation is 1. The molecule has 2 fully saturated rings. The van der Waals surface area contributed by atoms with Crippen LogP contribution in [0.4, 0.5) is 15.9 Å². The molecule has 2 aromatic heterocycles. The zero-order chi connectivity index (χ0) is 54.2. The van der Waals surface area contributed by atoms with Crippen molar-refractivity contribution >= 4 is 69.0 Å². The van der Waals surface area contributed by atoms with E-state index in [4.69, 9.17) is 35.3 Å². The van der Waals surface area contributed by atoms with E-state index in [1.807, 2.05) is 68.4 Å². The van der Waals surface area contributed by atoms with Gasteiger partial charge in [0.25, 0.3) is 0 Å². The molecule has 0 spiro atoms. The number of ether oxygens (including phenoxy) is 5. The van der Waals surface area contributed by atoms with Gasteiger partial charge in [-0.25, -0.2) is 19.3 Å². The number of anilines is 2. The third kappa shape index (κ3) is 16.2. The largest absolute Gasteiger partial charge is 0.493 e. The molecule has 410 valence electrons. The van der Waals surface area contributed by atoms with E-state index < -0.39 is 35.3 Å². The summed E-state index contributed by atoms with van der Waals surface area (Å²) in [4.78, 5) is 73.1. The quantitative estimate of drug-likeness (QED) is 0.0456. The van der Waals surface area contributed by atoms with Crippen LogP contribution in [0, 0.1) is 18.2 Å². The molecule has 0 saturated carbocycles. The number of nitrogens with one attached hydrogen (secondary N) is 3. The molecule has 5 aromatic rings. The normalized spacial score (nSPS) is 16.4. The number of aromatic nitrogens is 3. The van der Waals surface area contributed by atoms with Crippen molar-refractivity contribution in [3.63, 3.8) is 0 Å². The molecule has 4 heterocycles. The summed E-state index contributed by atoms with van der Waals surface area (Å²) >= 11 is 7.55. The fraction of sp³-hybridized carbons (Fsp3) is 0.500. The van der Waals surface area contributed by atoms with E-state index in [-0.39, 0.29) is 81.5 Å². The number of aliphatic hydroxyl groups is 1. The molecule has 3 unspecified atom stereocenters. The lowest BCUT2D eigenvalue weighted by Crippen LogP contribution is -2.57. The van der Waals surface area contributed by atoms with Crippen molar-refractivity contribution in [3.8, 4) is 21.9 Å². The molecule has 3 aromatic carbocycles. The predicted molar refractivity (Wildman–Crippen MR) is 287 cm³/mol. The Balaban J connectivity index is 0.715. The summed E-state index contributed by atoms with van der Waals surface area (Å²) in [5.41, 5.74) is 5.23. The third-order valence-corrected chi connectivity index (χ3v) is 14.4. The van der Waals surface area contributed by atoms with E-state index in [0.29, 0.717) is 66.8 Å². The van der Waals surface area contributed by atoms with Crippen LogP contribution < -0.4 is 25.4 Å². The van der Waals surface area contributed by atoms with Gasteiger partial charge in [0.1, 0.15) is 30.0 Å². The maximum Gasteiger partial charge on any atom is 0.246 e. The third-order valence-electron chi connectivity index (χ3n) is 13.1. The molecule has 7 rings (SSSR count). The summed E-state index contributed by atoms with van der Waals surface area (Å²) in [7, 11) is 1.57. The number of carbonyl (C=O) groups excluding carboxylic acids is 4. The van der Waals surface area contributed by atoms with E-state index in [1.165, 1.54) is 23.4 Å². The first-order valence-electron chi connectivity index (χ1n) is 25.5. The SMILES string of the molecule is COc1cc2ncnc(Nc3ccc(F)c(Cl)c3)c2cc1OCCCN1CCN(C(=O)CCOCCOCCOCCC(=O)NC(C(=O)N2CC(O)CC2C(=O)NCc2ccc(-c3scnc3C)cc2)C(C)(C)C)CC1. The van der Waals surface area contributed by atoms with Gasteiger partial charge in [0.15, 0.2) is 11.5 Å². The van der Waals surface area contributed by atoms with Crippen LogP contribution in [0.3, 0.4) is 0 Å². The number of carbonyl (C=O) groups is 4. The summed E-state index contributed by atoms with van der Waals surface area (Å²) in [6, 6.07) is 14.0. The summed E-state index contributed by atoms with van der Waals surface area (Å²) in [5, 5.41) is 20.2. The number of rotatable bonds is 26. The van der Waals surface area contributed by atoms with Crippen LogP contribution in [0.15, 0.2) is 66.4 Å². The second-order valence-electron chi connectivity index (χ2n) is 19.7. The van der Waals surface area contributed by atoms with Gasteiger partial charge in [0.2, 0.25) is 23.6 Å². The van der Waals surface area contributed by atoms with Crippen molar-refractivity contribution in [3.05, 3.63) is 88.5 Å². The Morgan fingerprint density at radius 3 is 2.26 bits per heavy atom. The molecule has 2 aliphatic rings. The lowest BCUT2D eigenvalue weighted by Gasteiger charge is -2.35. The van der Waals surface area contributed by atoms with E-state index in [9.17, 15) is 28.7 Å². The Kier molecular flexibility index (Phi) is 21.1. The molecular weight excluding hydrogens is 1020 g/mol. The molecule has 4 amide bonds. The highest BCUT2D eigenvalue weighted by atomic mass is 35.5. The number of β-amino-alcohol motifs (C(OH)–C–C–N with tert-alkyl or cyclic N) is 1. The van der Waals surface area contributed by atoms with E-state index >= 15 is 0 Å². The van der Waals surface area contributed by atoms with E-state index in [0.717, 1.165) is 47.8 Å². The van der Waals surface area contributed by atoms with Crippen molar-refractivity contribution in [1.29, 1.82) is 0 Å². The van der Waals surface area contributed by atoms with Crippen LogP contribution >= 0.6 is 22.9 Å². The fourth-order valence-corrected chi connectivity index (χ4v) is 9.87. The van der Waals surface area contributed by atoms with Crippen LogP contribution in [-0.4, -0.2) is 169 Å². The smallest absolute Gasteiger partial charge is 0.246 e. The number of hydrogen-bond acceptors (Lipinski definition) is 16. The average Bonchev–Trinajstić information content (AvgIpc) is 4.04. The molecule has 3 atom stereocenters. The average molecular weight is 1090 g/mol. The highest BCUT2D eigenvalue weighted by molar-refractivity contribution is 7.13. The van der Waals surface area contributed by atoms with Crippen molar-refractivity contribution in [2.45, 2.75) is 78.1 Å². The number of nitrogens with zero attached hydrogens (tertiary/aromatic N) is 6. The van der Waals surface area contributed by atoms with Crippen LogP contribution in [0.25, 0.3) is 21.3 Å². The molecule has 2 aliphatic heterocycles. The fourth-order valence-electron chi connectivity index (χ4n) is 8.88. The van der Waals surface area contributed by atoms with Gasteiger partial charge in [-0.1, -0.05) is 56.6 Å². The first-order valence-corrected chi connectivity index (χ1v) is 26.8. The first kappa shape index (κ1) is 57.6. The van der Waals surface area contributed by atoms with Gasteiger partial charge in [-0.15, -0.1) is 11.3 Å². The summed E-state index contributed by atoms with van der Waals surface area (Å²) < 4.78 is 42.4. The van der Waals surface area contributed by atoms with Gasteiger partial charge >= 0.3 is 0 Å². The molecular formula is C54H69ClFN9O10S. The Hall–Kier alpha value is -6.07. The van der Waals surface area contributed by atoms with Crippen molar-refractivity contribution in [2.24, 2.45) is 5.41 Å². The molecule has 0 aliphatic carbocycles. The van der Waals surface area contributed by atoms with Gasteiger partial charge in [-0.2, -0.15) is 0 Å². The van der Waals surface area contributed by atoms with Crippen LogP contribution in [-0.2, 0) is 39.9 Å². The Morgan fingerprint density at radius 1 is 0.882 bits per heavy atom. The van der Waals surface area contributed by atoms with Gasteiger partial charge in [0, 0.05) is 75.8 Å². The van der Waals surface area contributed by atoms with Crippen molar-refractivity contribution in [1.82, 2.24) is 40.3 Å². The maximum atomic E-state index is 14.0. The lowest BCUT2D eigenvalue weighted by atomic mass is 9.85. The van der Waals surface area contributed by atoms with E-state index in [1.54, 1.807) is 30.6 Å². The summed E-state index contributed by atoms with van der Waals surface area (Å²) in [5.74, 6) is -0.0677. The van der Waals surface area contributed by atoms with Gasteiger partial charge < -0.3 is 54.5 Å². The highest BCUT2D eigenvalue weighted by Gasteiger charge is 2.44. The maximum absolute atomic E-state index is 14.0. The first-order chi connectivity index (χ1) is 36.6. The number of aliphatic hydroxyl groups excluding tert-OH is 1. The monoisotopic (exact) mass is 1090 g/mol.